The van der Waals surface area contributed by atoms with Crippen molar-refractivity contribution in [2.75, 3.05) is 32.5 Å². The maximum Gasteiger partial charge on any atom is 0.138 e. The number of thiophene rings is 1. The third-order valence-electron chi connectivity index (χ3n) is 2.30. The lowest BCUT2D eigenvalue weighted by atomic mass is 10.3. The van der Waals surface area contributed by atoms with Gasteiger partial charge in [0, 0.05) is 18.0 Å². The summed E-state index contributed by atoms with van der Waals surface area (Å²) in [6.07, 6.45) is 1.62. The molecule has 0 aliphatic heterocycles. The van der Waals surface area contributed by atoms with Gasteiger partial charge in [-0.05, 0) is 27.1 Å². The van der Waals surface area contributed by atoms with E-state index in [2.05, 4.69) is 47.3 Å². The number of anilines is 1. The molecule has 0 spiro atoms. The van der Waals surface area contributed by atoms with Crippen LogP contribution in [0.15, 0.2) is 12.4 Å². The second-order valence-electron chi connectivity index (χ2n) is 4.03. The fourth-order valence-electron chi connectivity index (χ4n) is 1.51. The standard InChI is InChI=1S/C11H16N4S/c1-8-6-9-10(12-4-5-15(2)3)13-7-14-11(9)16-8/h6-7H,4-5H2,1-3H3,(H,12,13,14). The number of nitrogens with zero attached hydrogens (tertiary/aromatic N) is 3. The number of hydrogen-bond acceptors (Lipinski definition) is 5. The maximum atomic E-state index is 4.28. The van der Waals surface area contributed by atoms with Gasteiger partial charge in [-0.25, -0.2) is 9.97 Å². The second kappa shape index (κ2) is 4.76. The molecule has 2 heterocycles. The Morgan fingerprint density at radius 1 is 1.38 bits per heavy atom. The molecule has 16 heavy (non-hydrogen) atoms. The molecule has 4 nitrogen and oxygen atoms in total. The first-order valence-electron chi connectivity index (χ1n) is 5.26. The summed E-state index contributed by atoms with van der Waals surface area (Å²) >= 11 is 1.70. The summed E-state index contributed by atoms with van der Waals surface area (Å²) in [5.74, 6) is 0.941. The molecule has 1 N–H and O–H groups in total. The van der Waals surface area contributed by atoms with Crippen molar-refractivity contribution in [3.05, 3.63) is 17.3 Å². The van der Waals surface area contributed by atoms with Gasteiger partial charge in [-0.3, -0.25) is 0 Å². The summed E-state index contributed by atoms with van der Waals surface area (Å²) < 4.78 is 0. The van der Waals surface area contributed by atoms with Crippen LogP contribution in [0.2, 0.25) is 0 Å². The summed E-state index contributed by atoms with van der Waals surface area (Å²) in [6, 6.07) is 2.14. The van der Waals surface area contributed by atoms with Crippen LogP contribution in [0.3, 0.4) is 0 Å². The lowest BCUT2D eigenvalue weighted by Crippen LogP contribution is -2.21. The lowest BCUT2D eigenvalue weighted by molar-refractivity contribution is 0.425. The third kappa shape index (κ3) is 2.48. The normalized spacial score (nSPS) is 11.2. The van der Waals surface area contributed by atoms with Crippen molar-refractivity contribution in [1.29, 1.82) is 0 Å². The average Bonchev–Trinajstić information content (AvgIpc) is 2.58. The minimum absolute atomic E-state index is 0.897. The van der Waals surface area contributed by atoms with Gasteiger partial charge in [-0.15, -0.1) is 11.3 Å². The quantitative estimate of drug-likeness (QED) is 0.881. The number of hydrogen-bond donors (Lipinski definition) is 1. The summed E-state index contributed by atoms with van der Waals surface area (Å²) in [5.41, 5.74) is 0. The number of likely N-dealkylation sites (N-methyl/N-ethyl adjacent to an activating group) is 1. The van der Waals surface area contributed by atoms with Gasteiger partial charge >= 0.3 is 0 Å². The molecule has 0 aromatic carbocycles. The SMILES string of the molecule is Cc1cc2c(NCCN(C)C)ncnc2s1. The van der Waals surface area contributed by atoms with Crippen molar-refractivity contribution in [2.45, 2.75) is 6.92 Å². The molecule has 2 aromatic rings. The molecule has 0 radical (unpaired) electrons. The fourth-order valence-corrected chi connectivity index (χ4v) is 2.36. The number of aryl methyl sites for hydroxylation is 1. The van der Waals surface area contributed by atoms with Gasteiger partial charge in [-0.2, -0.15) is 0 Å². The van der Waals surface area contributed by atoms with Crippen molar-refractivity contribution in [3.8, 4) is 0 Å². The van der Waals surface area contributed by atoms with Crippen LogP contribution >= 0.6 is 11.3 Å². The Hall–Kier alpha value is -1.20. The summed E-state index contributed by atoms with van der Waals surface area (Å²) in [5, 5.41) is 4.47. The molecule has 0 aliphatic rings. The predicted octanol–water partition coefficient (Wildman–Crippen LogP) is 1.97. The predicted molar refractivity (Wildman–Crippen MR) is 69.2 cm³/mol. The van der Waals surface area contributed by atoms with E-state index < -0.39 is 0 Å². The van der Waals surface area contributed by atoms with E-state index >= 15 is 0 Å². The molecular formula is C11H16N4S. The maximum absolute atomic E-state index is 4.28. The Balaban J connectivity index is 2.17. The largest absolute Gasteiger partial charge is 0.368 e. The Morgan fingerprint density at radius 3 is 2.94 bits per heavy atom. The van der Waals surface area contributed by atoms with Crippen LogP contribution in [0.1, 0.15) is 4.88 Å². The van der Waals surface area contributed by atoms with Gasteiger partial charge in [0.05, 0.1) is 5.39 Å². The van der Waals surface area contributed by atoms with Crippen molar-refractivity contribution in [2.24, 2.45) is 0 Å². The molecule has 0 fully saturated rings. The van der Waals surface area contributed by atoms with Crippen LogP contribution in [0.5, 0.6) is 0 Å². The molecule has 86 valence electrons. The first-order chi connectivity index (χ1) is 7.66. The molecule has 0 atom stereocenters. The van der Waals surface area contributed by atoms with Gasteiger partial charge in [0.25, 0.3) is 0 Å². The average molecular weight is 236 g/mol. The Labute approximate surface area is 99.3 Å². The molecule has 0 saturated heterocycles. The first-order valence-corrected chi connectivity index (χ1v) is 6.08. The first kappa shape index (κ1) is 11.3. The fraction of sp³-hybridized carbons (Fsp3) is 0.455. The van der Waals surface area contributed by atoms with Crippen molar-refractivity contribution in [3.63, 3.8) is 0 Å². The highest BCUT2D eigenvalue weighted by atomic mass is 32.1. The van der Waals surface area contributed by atoms with Crippen molar-refractivity contribution < 1.29 is 0 Å². The molecule has 2 aromatic heterocycles. The van der Waals surface area contributed by atoms with Gasteiger partial charge in [0.1, 0.15) is 17.0 Å². The molecule has 0 bridgehead atoms. The molecule has 5 heteroatoms. The summed E-state index contributed by atoms with van der Waals surface area (Å²) in [4.78, 5) is 13.0. The van der Waals surface area contributed by atoms with Crippen LogP contribution in [0.4, 0.5) is 5.82 Å². The highest BCUT2D eigenvalue weighted by Gasteiger charge is 2.05. The van der Waals surface area contributed by atoms with E-state index in [1.807, 2.05) is 0 Å². The van der Waals surface area contributed by atoms with Crippen LogP contribution in [0, 0.1) is 6.92 Å². The number of aromatic nitrogens is 2. The minimum atomic E-state index is 0.897. The lowest BCUT2D eigenvalue weighted by Gasteiger charge is -2.10. The van der Waals surface area contributed by atoms with Gasteiger partial charge < -0.3 is 10.2 Å². The van der Waals surface area contributed by atoms with Crippen molar-refractivity contribution in [1.82, 2.24) is 14.9 Å². The molecule has 0 amide bonds. The van der Waals surface area contributed by atoms with Crippen LogP contribution in [-0.4, -0.2) is 42.1 Å². The van der Waals surface area contributed by atoms with E-state index in [1.165, 1.54) is 4.88 Å². The van der Waals surface area contributed by atoms with E-state index in [0.717, 1.165) is 29.1 Å². The van der Waals surface area contributed by atoms with Gasteiger partial charge in [-0.1, -0.05) is 0 Å². The second-order valence-corrected chi connectivity index (χ2v) is 5.26. The Bertz CT molecular complexity index is 478. The van der Waals surface area contributed by atoms with Gasteiger partial charge in [0.15, 0.2) is 0 Å². The van der Waals surface area contributed by atoms with Crippen LogP contribution in [0.25, 0.3) is 10.2 Å². The number of nitrogens with one attached hydrogen (secondary N) is 1. The topological polar surface area (TPSA) is 41.0 Å². The van der Waals surface area contributed by atoms with Crippen LogP contribution in [-0.2, 0) is 0 Å². The van der Waals surface area contributed by atoms with E-state index in [-0.39, 0.29) is 0 Å². The van der Waals surface area contributed by atoms with E-state index in [0.29, 0.717) is 0 Å². The Morgan fingerprint density at radius 2 is 2.19 bits per heavy atom. The number of fused-ring (bicyclic) bond motifs is 1. The van der Waals surface area contributed by atoms with E-state index in [9.17, 15) is 0 Å². The molecular weight excluding hydrogens is 220 g/mol. The molecule has 2 rings (SSSR count). The molecule has 0 unspecified atom stereocenters. The summed E-state index contributed by atoms with van der Waals surface area (Å²) in [7, 11) is 4.12. The zero-order valence-electron chi connectivity index (χ0n) is 9.82. The minimum Gasteiger partial charge on any atom is -0.368 e. The zero-order chi connectivity index (χ0) is 11.5. The Kier molecular flexibility index (Phi) is 3.36. The van der Waals surface area contributed by atoms with E-state index in [1.54, 1.807) is 17.7 Å². The monoisotopic (exact) mass is 236 g/mol. The zero-order valence-corrected chi connectivity index (χ0v) is 10.6. The highest BCUT2D eigenvalue weighted by molar-refractivity contribution is 7.18. The number of rotatable bonds is 4. The van der Waals surface area contributed by atoms with E-state index in [4.69, 9.17) is 0 Å². The van der Waals surface area contributed by atoms with Crippen LogP contribution < -0.4 is 5.32 Å². The van der Waals surface area contributed by atoms with Crippen molar-refractivity contribution >= 4 is 27.4 Å². The molecule has 0 aliphatic carbocycles. The third-order valence-corrected chi connectivity index (χ3v) is 3.26. The smallest absolute Gasteiger partial charge is 0.138 e. The molecule has 0 saturated carbocycles. The summed E-state index contributed by atoms with van der Waals surface area (Å²) in [6.45, 7) is 3.98. The highest BCUT2D eigenvalue weighted by Crippen LogP contribution is 2.27. The van der Waals surface area contributed by atoms with Gasteiger partial charge in [0.2, 0.25) is 0 Å².